The lowest BCUT2D eigenvalue weighted by molar-refractivity contribution is -0.384. The minimum atomic E-state index is -0.953. The summed E-state index contributed by atoms with van der Waals surface area (Å²) in [5.74, 6) is -1.24. The molecule has 10 nitrogen and oxygen atoms in total. The summed E-state index contributed by atoms with van der Waals surface area (Å²) >= 11 is 0. The Bertz CT molecular complexity index is 1250. The van der Waals surface area contributed by atoms with Gasteiger partial charge in [-0.15, -0.1) is 0 Å². The molecule has 2 heterocycles. The molecular formula is C28H33N3O7. The number of nitrogens with zero attached hydrogens (tertiary/aromatic N) is 3. The number of likely N-dealkylation sites (tertiary alicyclic amines) is 1. The molecule has 0 aliphatic carbocycles. The highest BCUT2D eigenvalue weighted by molar-refractivity contribution is 6.46. The van der Waals surface area contributed by atoms with Gasteiger partial charge in [-0.3, -0.25) is 24.6 Å². The van der Waals surface area contributed by atoms with Gasteiger partial charge in [0.2, 0.25) is 0 Å². The number of hydrogen-bond acceptors (Lipinski definition) is 8. The highest BCUT2D eigenvalue weighted by atomic mass is 16.6. The molecule has 0 bridgehead atoms. The summed E-state index contributed by atoms with van der Waals surface area (Å²) < 4.78 is 11.1. The average Bonchev–Trinajstić information content (AvgIpc) is 3.14. The number of aryl methyl sites for hydroxylation is 1. The number of ether oxygens (including phenoxy) is 2. The Balaban J connectivity index is 1.72. The number of hydrogen-bond donors (Lipinski definition) is 1. The topological polar surface area (TPSA) is 122 Å². The van der Waals surface area contributed by atoms with Crippen LogP contribution >= 0.6 is 0 Å². The van der Waals surface area contributed by atoms with E-state index in [9.17, 15) is 24.8 Å². The maximum atomic E-state index is 13.3. The van der Waals surface area contributed by atoms with E-state index in [0.717, 1.165) is 13.1 Å². The minimum absolute atomic E-state index is 0.0366. The van der Waals surface area contributed by atoms with Gasteiger partial charge in [0.15, 0.2) is 0 Å². The fourth-order valence-corrected chi connectivity index (χ4v) is 4.95. The van der Waals surface area contributed by atoms with Crippen molar-refractivity contribution in [2.75, 3.05) is 39.4 Å². The smallest absolute Gasteiger partial charge is 0.295 e. The van der Waals surface area contributed by atoms with Gasteiger partial charge in [0.1, 0.15) is 11.5 Å². The lowest BCUT2D eigenvalue weighted by Crippen LogP contribution is -2.39. The Hall–Kier alpha value is -3.76. The summed E-state index contributed by atoms with van der Waals surface area (Å²) in [4.78, 5) is 41.2. The number of rotatable bonds is 9. The third kappa shape index (κ3) is 5.87. The predicted molar refractivity (Wildman–Crippen MR) is 141 cm³/mol. The van der Waals surface area contributed by atoms with Crippen LogP contribution in [0.1, 0.15) is 43.0 Å². The van der Waals surface area contributed by atoms with Crippen molar-refractivity contribution >= 4 is 23.1 Å². The molecule has 4 rings (SSSR count). The Kier molecular flexibility index (Phi) is 8.43. The number of ketones is 1. The molecule has 38 heavy (non-hydrogen) atoms. The van der Waals surface area contributed by atoms with Crippen LogP contribution in [0.5, 0.6) is 5.75 Å². The summed E-state index contributed by atoms with van der Waals surface area (Å²) in [6.45, 7) is 9.45. The maximum absolute atomic E-state index is 13.3. The van der Waals surface area contributed by atoms with Crippen LogP contribution in [-0.4, -0.2) is 77.0 Å². The molecule has 1 unspecified atom stereocenters. The van der Waals surface area contributed by atoms with Gasteiger partial charge in [-0.05, 0) is 56.5 Å². The maximum Gasteiger partial charge on any atom is 0.295 e. The van der Waals surface area contributed by atoms with Crippen LogP contribution in [0, 0.1) is 17.0 Å². The molecular weight excluding hydrogens is 490 g/mol. The molecule has 2 aliphatic rings. The Morgan fingerprint density at radius 3 is 2.55 bits per heavy atom. The highest BCUT2D eigenvalue weighted by Gasteiger charge is 2.46. The third-order valence-corrected chi connectivity index (χ3v) is 6.74. The van der Waals surface area contributed by atoms with Crippen LogP contribution in [0.4, 0.5) is 5.69 Å². The van der Waals surface area contributed by atoms with E-state index in [1.165, 1.54) is 23.1 Å². The van der Waals surface area contributed by atoms with E-state index in [2.05, 4.69) is 4.90 Å². The molecule has 2 saturated heterocycles. The number of morpholine rings is 1. The second-order valence-corrected chi connectivity index (χ2v) is 9.80. The zero-order valence-corrected chi connectivity index (χ0v) is 21.9. The van der Waals surface area contributed by atoms with Crippen LogP contribution in [0.2, 0.25) is 0 Å². The first kappa shape index (κ1) is 27.3. The quantitative estimate of drug-likeness (QED) is 0.173. The largest absolute Gasteiger partial charge is 0.507 e. The van der Waals surface area contributed by atoms with Gasteiger partial charge >= 0.3 is 0 Å². The van der Waals surface area contributed by atoms with E-state index in [0.29, 0.717) is 48.6 Å². The molecule has 0 radical (unpaired) electrons. The number of non-ortho nitro benzene ring substituents is 1. The molecule has 0 spiro atoms. The Morgan fingerprint density at radius 1 is 1.16 bits per heavy atom. The van der Waals surface area contributed by atoms with Crippen molar-refractivity contribution in [2.45, 2.75) is 39.3 Å². The summed E-state index contributed by atoms with van der Waals surface area (Å²) in [5, 5.41) is 22.9. The average molecular weight is 524 g/mol. The monoisotopic (exact) mass is 523 g/mol. The normalized spacial score (nSPS) is 19.8. The third-order valence-electron chi connectivity index (χ3n) is 6.74. The van der Waals surface area contributed by atoms with Crippen LogP contribution in [0.25, 0.3) is 5.76 Å². The summed E-state index contributed by atoms with van der Waals surface area (Å²) in [7, 11) is 0. The van der Waals surface area contributed by atoms with Crippen molar-refractivity contribution in [1.29, 1.82) is 0 Å². The van der Waals surface area contributed by atoms with Crippen molar-refractivity contribution in [1.82, 2.24) is 9.80 Å². The number of carbonyl (C=O) groups excluding carboxylic acids is 2. The molecule has 2 aromatic rings. The van der Waals surface area contributed by atoms with Crippen LogP contribution in [0.3, 0.4) is 0 Å². The van der Waals surface area contributed by atoms with Crippen LogP contribution in [0.15, 0.2) is 48.0 Å². The van der Waals surface area contributed by atoms with Crippen molar-refractivity contribution in [3.8, 4) is 5.75 Å². The number of aliphatic hydroxyl groups excluding tert-OH is 1. The molecule has 2 fully saturated rings. The molecule has 2 aromatic carbocycles. The summed E-state index contributed by atoms with van der Waals surface area (Å²) in [6, 6.07) is 10.0. The fraction of sp³-hybridized carbons (Fsp3) is 0.429. The van der Waals surface area contributed by atoms with Crippen LogP contribution < -0.4 is 4.74 Å². The van der Waals surface area contributed by atoms with Crippen molar-refractivity contribution in [2.24, 2.45) is 0 Å². The van der Waals surface area contributed by atoms with Crippen molar-refractivity contribution < 1.29 is 29.1 Å². The van der Waals surface area contributed by atoms with E-state index < -0.39 is 22.7 Å². The van der Waals surface area contributed by atoms with E-state index in [-0.39, 0.29) is 29.7 Å². The lowest BCUT2D eigenvalue weighted by atomic mass is 9.93. The van der Waals surface area contributed by atoms with Gasteiger partial charge in [-0.2, -0.15) is 0 Å². The Morgan fingerprint density at radius 2 is 1.89 bits per heavy atom. The molecule has 1 N–H and O–H groups in total. The molecule has 0 aromatic heterocycles. The number of nitro groups is 1. The van der Waals surface area contributed by atoms with Gasteiger partial charge < -0.3 is 19.5 Å². The number of aliphatic hydroxyl groups is 1. The predicted octanol–water partition coefficient (Wildman–Crippen LogP) is 3.83. The second-order valence-electron chi connectivity index (χ2n) is 9.80. The number of nitro benzene ring substituents is 1. The highest BCUT2D eigenvalue weighted by Crippen LogP contribution is 2.41. The number of carbonyl (C=O) groups is 2. The number of Topliss-reactive ketones (excluding diaryl/α,β-unsaturated/α-hetero) is 1. The second kappa shape index (κ2) is 11.7. The summed E-state index contributed by atoms with van der Waals surface area (Å²) in [5.41, 5.74) is 1.21. The van der Waals surface area contributed by atoms with Crippen molar-refractivity contribution in [3.63, 3.8) is 0 Å². The first-order chi connectivity index (χ1) is 18.2. The van der Waals surface area contributed by atoms with Gasteiger partial charge in [-0.25, -0.2) is 0 Å². The van der Waals surface area contributed by atoms with E-state index in [1.54, 1.807) is 31.2 Å². The van der Waals surface area contributed by atoms with Crippen LogP contribution in [-0.2, 0) is 14.3 Å². The molecule has 1 atom stereocenters. The molecule has 0 saturated carbocycles. The van der Waals surface area contributed by atoms with Gasteiger partial charge in [0.05, 0.1) is 35.9 Å². The van der Waals surface area contributed by atoms with E-state index in [4.69, 9.17) is 9.47 Å². The van der Waals surface area contributed by atoms with E-state index in [1.807, 2.05) is 13.8 Å². The Labute approximate surface area is 221 Å². The van der Waals surface area contributed by atoms with Crippen molar-refractivity contribution in [3.05, 3.63) is 74.8 Å². The summed E-state index contributed by atoms with van der Waals surface area (Å²) in [6.07, 6.45) is 0.559. The van der Waals surface area contributed by atoms with Gasteiger partial charge in [0.25, 0.3) is 17.4 Å². The zero-order chi connectivity index (χ0) is 27.4. The first-order valence-corrected chi connectivity index (χ1v) is 12.8. The van der Waals surface area contributed by atoms with Gasteiger partial charge in [0, 0.05) is 43.9 Å². The number of amides is 1. The molecule has 202 valence electrons. The van der Waals surface area contributed by atoms with Gasteiger partial charge in [-0.1, -0.05) is 12.1 Å². The molecule has 2 aliphatic heterocycles. The number of benzene rings is 2. The fourth-order valence-electron chi connectivity index (χ4n) is 4.95. The molecule has 10 heteroatoms. The lowest BCUT2D eigenvalue weighted by Gasteiger charge is -2.29. The molecule has 1 amide bonds. The minimum Gasteiger partial charge on any atom is -0.507 e. The van der Waals surface area contributed by atoms with E-state index >= 15 is 0 Å². The SMILES string of the molecule is Cc1cc(OC(C)C)ccc1/C(O)=C1/C(=O)C(=O)N(CCCN2CCOCC2)C1c1cccc([N+](=O)[O-])c1. The zero-order valence-electron chi connectivity index (χ0n) is 21.9. The standard InChI is InChI=1S/C28H33N3O7/c1-18(2)38-22-8-9-23(19(3)16-22)26(32)24-25(20-6-4-7-21(17-20)31(35)36)30(28(34)27(24)33)11-5-10-29-12-14-37-15-13-29/h4,6-9,16-18,25,32H,5,10-15H2,1-3H3/b26-24-. The first-order valence-electron chi connectivity index (χ1n) is 12.8.